The number of carboxylic acid groups (broad SMARTS) is 1. The van der Waals surface area contributed by atoms with Gasteiger partial charge in [-0.15, -0.1) is 0 Å². The Morgan fingerprint density at radius 3 is 1.18 bits per heavy atom. The van der Waals surface area contributed by atoms with E-state index in [0.29, 0.717) is 397 Å². The average molecular weight is 1870 g/mol. The van der Waals surface area contributed by atoms with Gasteiger partial charge in [-0.2, -0.15) is 4.33 Å². The van der Waals surface area contributed by atoms with Crippen molar-refractivity contribution in [2.45, 2.75) is 95.0 Å². The molecule has 125 heavy (non-hydrogen) atoms. The Bertz CT molecular complexity index is 3310. The van der Waals surface area contributed by atoms with Crippen LogP contribution >= 0.6 is 35.2 Å². The van der Waals surface area contributed by atoms with Gasteiger partial charge in [0.05, 0.1) is 339 Å². The molecule has 2 aromatic carbocycles. The lowest BCUT2D eigenvalue weighted by atomic mass is 9.83. The van der Waals surface area contributed by atoms with Crippen LogP contribution in [-0.2, 0) is 161 Å². The van der Waals surface area contributed by atoms with E-state index in [9.17, 15) is 32.9 Å². The molecule has 3 aromatic rings. The molecule has 0 saturated heterocycles. The Balaban J connectivity index is 0.841. The topological polar surface area (TPSA) is 399 Å². The fourth-order valence-corrected chi connectivity index (χ4v) is 13.2. The summed E-state index contributed by atoms with van der Waals surface area (Å²) < 4.78 is 177. The van der Waals surface area contributed by atoms with E-state index in [1.165, 1.54) is 12.1 Å². The first-order valence-corrected chi connectivity index (χ1v) is 46.3. The van der Waals surface area contributed by atoms with Crippen LogP contribution in [0.4, 0.5) is 5.69 Å². The van der Waals surface area contributed by atoms with Gasteiger partial charge in [0.25, 0.3) is 5.82 Å². The summed E-state index contributed by atoms with van der Waals surface area (Å²) in [5.74, 6) is 0.327. The third kappa shape index (κ3) is 57.7. The molecule has 0 atom stereocenters. The number of carboxylic acids is 1. The number of hydrogen-bond acceptors (Lipinski definition) is 34. The number of aliphatic carboxylic acids is 1. The van der Waals surface area contributed by atoms with Crippen molar-refractivity contribution in [3.05, 3.63) is 69.6 Å². The number of rotatable bonds is 93. The van der Waals surface area contributed by atoms with Gasteiger partial charge >= 0.3 is 5.97 Å². The molecule has 0 radical (unpaired) electrons. The van der Waals surface area contributed by atoms with Crippen LogP contribution in [0, 0.1) is 0 Å². The largest absolute Gasteiger partial charge is 0.744 e. The zero-order valence-electron chi connectivity index (χ0n) is 73.7. The van der Waals surface area contributed by atoms with Crippen LogP contribution in [0.15, 0.2) is 53.1 Å². The molecule has 1 aliphatic heterocycles. The second kappa shape index (κ2) is 78.5. The number of fused-ring (bicyclic) bond motifs is 2. The van der Waals surface area contributed by atoms with Gasteiger partial charge in [-0.3, -0.25) is 14.6 Å². The molecule has 1 aromatic heterocycles. The Hall–Kier alpha value is -4.11. The number of ether oxygens (including phenoxy) is 24. The summed E-state index contributed by atoms with van der Waals surface area (Å²) in [7, 11) is -3.10. The summed E-state index contributed by atoms with van der Waals surface area (Å²) in [5, 5.41) is 26.9. The molecule has 2 N–H and O–H groups in total. The molecule has 0 aliphatic carbocycles. The van der Waals surface area contributed by atoms with Gasteiger partial charge in [-0.05, 0) is 74.8 Å². The van der Waals surface area contributed by atoms with Gasteiger partial charge in [0.1, 0.15) is 10.1 Å². The standard InChI is InChI=1S/C84H142Cl2N4O33S2/c1-84(2)74-70-73(125(95,96)97)16-17-77(74)88(21-11-69-124-123-122-94)80(84)12-10-14-82-89(78-71-75(85)76(86)72-79(78)90(82)20-9-5-7-15-83(92)93)19-8-4-6-13-81(91)87-18-22-99-25-26-101-29-30-103-33-34-105-37-38-107-41-42-109-45-46-111-49-50-113-53-54-115-57-58-117-61-62-119-65-66-121-68-67-120-64-63-118-60-59-116-56-55-114-52-51-112-48-47-110-44-43-108-40-39-106-36-35-104-32-31-102-28-27-100-24-23-98-3/h10,12,14,16-17,70-72H,4-9,11,13,15,18-69H2,1-3H3,(H3-,87,91,92,93,94,95,96,97)/p-1. The molecule has 0 saturated carbocycles. The van der Waals surface area contributed by atoms with Crippen LogP contribution < -0.4 is 20.0 Å². The molecular weight excluding hydrogens is 1730 g/mol. The van der Waals surface area contributed by atoms with Crippen LogP contribution in [0.5, 0.6) is 0 Å². The summed E-state index contributed by atoms with van der Waals surface area (Å²) in [5.41, 5.74) is 3.18. The second-order valence-electron chi connectivity index (χ2n) is 28.0. The number of halogens is 2. The average Bonchev–Trinajstić information content (AvgIpc) is 1.59. The lowest BCUT2D eigenvalue weighted by Gasteiger charge is -2.27. The molecule has 0 spiro atoms. The monoisotopic (exact) mass is 1870 g/mol. The lowest BCUT2D eigenvalue weighted by molar-refractivity contribution is -0.777. The number of nitrogens with zero attached hydrogens (tertiary/aromatic N) is 3. The molecule has 1 aliphatic rings. The molecule has 2 heterocycles. The first-order chi connectivity index (χ1) is 61.2. The first-order valence-electron chi connectivity index (χ1n) is 43.2. The zero-order valence-corrected chi connectivity index (χ0v) is 76.8. The van der Waals surface area contributed by atoms with Crippen LogP contribution in [0.3, 0.4) is 0 Å². The number of unbranched alkanes of at least 4 members (excludes halogenated alkanes) is 4. The summed E-state index contributed by atoms with van der Waals surface area (Å²) >= 11 is 14.2. The van der Waals surface area contributed by atoms with Gasteiger partial charge in [0, 0.05) is 85.8 Å². The molecule has 37 nitrogen and oxygen atoms in total. The minimum atomic E-state index is -4.74. The third-order valence-corrected chi connectivity index (χ3v) is 20.4. The normalized spacial score (nSPS) is 13.2. The van der Waals surface area contributed by atoms with E-state index in [2.05, 4.69) is 28.7 Å². The Labute approximate surface area is 752 Å². The Morgan fingerprint density at radius 1 is 0.464 bits per heavy atom. The van der Waals surface area contributed by atoms with Crippen molar-refractivity contribution in [3.63, 3.8) is 0 Å². The van der Waals surface area contributed by atoms with Crippen LogP contribution in [0.25, 0.3) is 17.1 Å². The van der Waals surface area contributed by atoms with E-state index < -0.39 is 21.5 Å². The van der Waals surface area contributed by atoms with Crippen molar-refractivity contribution in [3.8, 4) is 0 Å². The number of benzene rings is 2. The smallest absolute Gasteiger partial charge is 0.303 e. The predicted molar refractivity (Wildman–Crippen MR) is 462 cm³/mol. The highest BCUT2D eigenvalue weighted by Gasteiger charge is 2.40. The van der Waals surface area contributed by atoms with E-state index >= 15 is 0 Å². The van der Waals surface area contributed by atoms with Gasteiger partial charge in [0.2, 0.25) is 5.91 Å². The van der Waals surface area contributed by atoms with Crippen molar-refractivity contribution in [2.24, 2.45) is 0 Å². The van der Waals surface area contributed by atoms with Crippen LogP contribution in [0.2, 0.25) is 10.0 Å². The molecule has 0 bridgehead atoms. The molecular formula is C84H141Cl2N4O33S2-. The summed E-state index contributed by atoms with van der Waals surface area (Å²) in [6.07, 6.45) is 10.8. The minimum absolute atomic E-state index is 0.0656. The number of nitrogens with one attached hydrogen (secondary N) is 1. The van der Waals surface area contributed by atoms with Crippen molar-refractivity contribution >= 4 is 80.0 Å². The van der Waals surface area contributed by atoms with Crippen molar-refractivity contribution in [2.75, 3.05) is 341 Å². The molecule has 722 valence electrons. The van der Waals surface area contributed by atoms with Crippen LogP contribution in [-0.4, -0.2) is 371 Å². The Morgan fingerprint density at radius 2 is 0.816 bits per heavy atom. The SMILES string of the molecule is COCCOCCOCCOCCOCCOCCOCCOCCOCCOCCOCCOCCOCCOCCOCCOCCOCCOCCOCCOCCOCCOCCOCCOCCNC(=O)CCCCC[n+]1c(C=CC=C2N(CCCSOO[O-])c3ccc(S(=O)(=O)[O-])cc3C2(C)C)n(CCCCCC(=O)O)c2cc(Cl)c(Cl)cc21. The van der Waals surface area contributed by atoms with Gasteiger partial charge < -0.3 is 139 Å². The van der Waals surface area contributed by atoms with Gasteiger partial charge in [-0.1, -0.05) is 43.1 Å². The fraction of sp³-hybridized carbons (Fsp3) is 0.774. The summed E-state index contributed by atoms with van der Waals surface area (Å²) in [6, 6.07) is 8.05. The number of allylic oxidation sites excluding steroid dienone is 3. The predicted octanol–water partition coefficient (Wildman–Crippen LogP) is 6.45. The van der Waals surface area contributed by atoms with E-state index in [4.69, 9.17) is 137 Å². The zero-order chi connectivity index (χ0) is 89.7. The number of methoxy groups -OCH3 is 1. The maximum absolute atomic E-state index is 12.8. The fourth-order valence-electron chi connectivity index (χ4n) is 12.0. The molecule has 41 heteroatoms. The van der Waals surface area contributed by atoms with Crippen molar-refractivity contribution < 1.29 is 161 Å². The number of hydrogen-bond donors (Lipinski definition) is 2. The number of anilines is 1. The number of amides is 1. The highest BCUT2D eigenvalue weighted by molar-refractivity contribution is 7.94. The minimum Gasteiger partial charge on any atom is -0.744 e. The van der Waals surface area contributed by atoms with Crippen molar-refractivity contribution in [1.29, 1.82) is 0 Å². The summed E-state index contributed by atoms with van der Waals surface area (Å²) in [6.45, 7) is 27.8. The molecule has 4 rings (SSSR count). The molecule has 0 fully saturated rings. The van der Waals surface area contributed by atoms with Crippen LogP contribution in [0.1, 0.15) is 83.0 Å². The second-order valence-corrected chi connectivity index (χ2v) is 31.0. The van der Waals surface area contributed by atoms with E-state index in [1.54, 1.807) is 13.2 Å². The third-order valence-electron chi connectivity index (χ3n) is 18.2. The number of imidazole rings is 1. The first kappa shape index (κ1) is 113. The molecule has 1 amide bonds. The highest BCUT2D eigenvalue weighted by atomic mass is 35.5. The number of aromatic nitrogens is 2. The Kier molecular flexibility index (Phi) is 71.1. The summed E-state index contributed by atoms with van der Waals surface area (Å²) in [4.78, 5) is 25.9. The number of carbonyl (C=O) groups excluding carboxylic acids is 1. The highest BCUT2D eigenvalue weighted by Crippen LogP contribution is 2.48. The lowest BCUT2D eigenvalue weighted by Crippen LogP contribution is -2.36. The number of aryl methyl sites for hydroxylation is 2. The maximum atomic E-state index is 12.8. The van der Waals surface area contributed by atoms with Gasteiger partial charge in [0.15, 0.2) is 11.0 Å². The van der Waals surface area contributed by atoms with E-state index in [-0.39, 0.29) is 17.2 Å². The van der Waals surface area contributed by atoms with Gasteiger partial charge in [-0.25, -0.2) is 17.6 Å². The molecule has 0 unspecified atom stereocenters. The van der Waals surface area contributed by atoms with Crippen molar-refractivity contribution in [1.82, 2.24) is 9.88 Å². The quantitative estimate of drug-likeness (QED) is 0.0153. The van der Waals surface area contributed by atoms with E-state index in [0.717, 1.165) is 53.1 Å². The van der Waals surface area contributed by atoms with E-state index in [1.807, 2.05) is 44.2 Å². The maximum Gasteiger partial charge on any atom is 0.303 e. The number of carbonyl (C=O) groups is 2.